The number of piperidine rings is 1. The Balaban J connectivity index is 2.61. The minimum absolute atomic E-state index is 0.149. The number of imide groups is 1. The predicted molar refractivity (Wildman–Crippen MR) is 56.1 cm³/mol. The molecule has 6 heteroatoms. The van der Waals surface area contributed by atoms with Crippen molar-refractivity contribution in [3.8, 4) is 0 Å². The van der Waals surface area contributed by atoms with Gasteiger partial charge in [0.1, 0.15) is 6.04 Å². The van der Waals surface area contributed by atoms with Crippen molar-refractivity contribution >= 4 is 17.8 Å². The van der Waals surface area contributed by atoms with E-state index in [1.54, 1.807) is 0 Å². The smallest absolute Gasteiger partial charge is 0.251 e. The van der Waals surface area contributed by atoms with Crippen LogP contribution in [0.25, 0.3) is 0 Å². The molecule has 2 amide bonds. The number of amides is 2. The van der Waals surface area contributed by atoms with Crippen molar-refractivity contribution in [1.29, 1.82) is 0 Å². The molecule has 84 valence electrons. The zero-order valence-electron chi connectivity index (χ0n) is 8.99. The number of nitrogens with one attached hydrogen (secondary N) is 1. The molecule has 15 heavy (non-hydrogen) atoms. The highest BCUT2D eigenvalue weighted by atomic mass is 16.2. The Kier molecular flexibility index (Phi) is 3.65. The maximum Gasteiger partial charge on any atom is 0.251 e. The van der Waals surface area contributed by atoms with E-state index in [-0.39, 0.29) is 17.8 Å². The zero-order valence-corrected chi connectivity index (χ0v) is 8.99. The van der Waals surface area contributed by atoms with Crippen LogP contribution < -0.4 is 11.1 Å². The molecular weight excluding hydrogens is 196 g/mol. The molecule has 0 aromatic carbocycles. The maximum atomic E-state index is 11.6. The summed E-state index contributed by atoms with van der Waals surface area (Å²) in [6.45, 7) is 2.42. The van der Waals surface area contributed by atoms with E-state index in [4.69, 9.17) is 5.73 Å². The number of nitrogens with zero attached hydrogens (tertiary/aromatic N) is 2. The molecule has 0 aliphatic carbocycles. The third kappa shape index (κ3) is 2.68. The van der Waals surface area contributed by atoms with Crippen LogP contribution in [0.1, 0.15) is 19.8 Å². The molecule has 0 aromatic heterocycles. The van der Waals surface area contributed by atoms with Gasteiger partial charge in [0.15, 0.2) is 5.96 Å². The van der Waals surface area contributed by atoms with Gasteiger partial charge in [-0.15, -0.1) is 0 Å². The first kappa shape index (κ1) is 11.5. The standard InChI is InChI=1S/C9H16N4O2/c1-3-11-9(10)12-6-4-5-7(14)13(2)8(6)15/h6H,3-5H2,1-2H3,(H3,10,11,12). The van der Waals surface area contributed by atoms with Crippen molar-refractivity contribution in [2.24, 2.45) is 10.7 Å². The summed E-state index contributed by atoms with van der Waals surface area (Å²) in [7, 11) is 1.48. The molecule has 0 aromatic rings. The molecule has 0 radical (unpaired) electrons. The molecule has 1 saturated heterocycles. The molecule has 0 bridgehead atoms. The number of guanidine groups is 1. The van der Waals surface area contributed by atoms with Crippen LogP contribution in [0.15, 0.2) is 4.99 Å². The minimum Gasteiger partial charge on any atom is -0.370 e. The lowest BCUT2D eigenvalue weighted by molar-refractivity contribution is -0.147. The van der Waals surface area contributed by atoms with Crippen molar-refractivity contribution in [1.82, 2.24) is 10.2 Å². The van der Waals surface area contributed by atoms with Gasteiger partial charge in [0.05, 0.1) is 0 Å². The van der Waals surface area contributed by atoms with Crippen LogP contribution in [0.2, 0.25) is 0 Å². The summed E-state index contributed by atoms with van der Waals surface area (Å²) in [5.41, 5.74) is 5.54. The van der Waals surface area contributed by atoms with E-state index in [9.17, 15) is 9.59 Å². The van der Waals surface area contributed by atoms with Gasteiger partial charge < -0.3 is 11.1 Å². The van der Waals surface area contributed by atoms with Crippen LogP contribution in [-0.4, -0.2) is 42.3 Å². The zero-order chi connectivity index (χ0) is 11.4. The highest BCUT2D eigenvalue weighted by Gasteiger charge is 2.31. The first-order valence-electron chi connectivity index (χ1n) is 4.93. The maximum absolute atomic E-state index is 11.6. The summed E-state index contributed by atoms with van der Waals surface area (Å²) in [6.07, 6.45) is 0.835. The fourth-order valence-electron chi connectivity index (χ4n) is 1.44. The first-order valence-corrected chi connectivity index (χ1v) is 4.93. The van der Waals surface area contributed by atoms with Crippen molar-refractivity contribution < 1.29 is 9.59 Å². The van der Waals surface area contributed by atoms with Gasteiger partial charge in [-0.25, -0.2) is 0 Å². The lowest BCUT2D eigenvalue weighted by atomic mass is 10.1. The summed E-state index contributed by atoms with van der Waals surface area (Å²) in [6, 6.07) is -0.428. The average Bonchev–Trinajstić information content (AvgIpc) is 2.20. The highest BCUT2D eigenvalue weighted by molar-refractivity contribution is 6.01. The Morgan fingerprint density at radius 1 is 1.67 bits per heavy atom. The molecule has 1 fully saturated rings. The van der Waals surface area contributed by atoms with Crippen LogP contribution in [0.3, 0.4) is 0 Å². The highest BCUT2D eigenvalue weighted by Crippen LogP contribution is 2.10. The van der Waals surface area contributed by atoms with Gasteiger partial charge in [-0.2, -0.15) is 0 Å². The second-order valence-corrected chi connectivity index (χ2v) is 3.39. The molecule has 3 N–H and O–H groups in total. The van der Waals surface area contributed by atoms with Gasteiger partial charge in [-0.1, -0.05) is 0 Å². The van der Waals surface area contributed by atoms with E-state index in [0.29, 0.717) is 19.4 Å². The van der Waals surface area contributed by atoms with Crippen LogP contribution in [0, 0.1) is 0 Å². The van der Waals surface area contributed by atoms with Crippen molar-refractivity contribution in [3.05, 3.63) is 0 Å². The topological polar surface area (TPSA) is 87.8 Å². The molecule has 1 unspecified atom stereocenters. The Labute approximate surface area is 88.5 Å². The average molecular weight is 212 g/mol. The SMILES string of the molecule is CCN=C(N)NC1CCC(=O)N(C)C1=O. The largest absolute Gasteiger partial charge is 0.370 e. The number of carbonyl (C=O) groups is 2. The first-order chi connectivity index (χ1) is 7.06. The van der Waals surface area contributed by atoms with Gasteiger partial charge in [0, 0.05) is 20.0 Å². The Morgan fingerprint density at radius 2 is 2.33 bits per heavy atom. The lowest BCUT2D eigenvalue weighted by Gasteiger charge is -2.28. The predicted octanol–water partition coefficient (Wildman–Crippen LogP) is -0.942. The molecule has 1 aliphatic rings. The van der Waals surface area contributed by atoms with E-state index in [1.807, 2.05) is 6.92 Å². The third-order valence-corrected chi connectivity index (χ3v) is 2.30. The van der Waals surface area contributed by atoms with Gasteiger partial charge in [-0.05, 0) is 13.3 Å². The number of hydrogen-bond donors (Lipinski definition) is 2. The number of aliphatic imine (C=N–C) groups is 1. The summed E-state index contributed by atoms with van der Waals surface area (Å²) >= 11 is 0. The van der Waals surface area contributed by atoms with Crippen molar-refractivity contribution in [3.63, 3.8) is 0 Å². The van der Waals surface area contributed by atoms with Crippen molar-refractivity contribution in [2.75, 3.05) is 13.6 Å². The van der Waals surface area contributed by atoms with E-state index < -0.39 is 6.04 Å². The van der Waals surface area contributed by atoms with E-state index in [1.165, 1.54) is 7.05 Å². The Hall–Kier alpha value is -1.59. The molecule has 1 aliphatic heterocycles. The number of nitrogens with two attached hydrogens (primary N) is 1. The van der Waals surface area contributed by atoms with Gasteiger partial charge >= 0.3 is 0 Å². The number of hydrogen-bond acceptors (Lipinski definition) is 3. The number of likely N-dealkylation sites (N-methyl/N-ethyl adjacent to an activating group) is 1. The van der Waals surface area contributed by atoms with E-state index >= 15 is 0 Å². The Morgan fingerprint density at radius 3 is 2.93 bits per heavy atom. The fraction of sp³-hybridized carbons (Fsp3) is 0.667. The summed E-state index contributed by atoms with van der Waals surface area (Å²) < 4.78 is 0. The normalized spacial score (nSPS) is 23.2. The Bertz CT molecular complexity index is 300. The van der Waals surface area contributed by atoms with Crippen LogP contribution in [0.4, 0.5) is 0 Å². The lowest BCUT2D eigenvalue weighted by Crippen LogP contribution is -2.54. The molecule has 1 heterocycles. The second kappa shape index (κ2) is 4.77. The number of rotatable bonds is 2. The summed E-state index contributed by atoms with van der Waals surface area (Å²) in [4.78, 5) is 27.8. The molecule has 6 nitrogen and oxygen atoms in total. The van der Waals surface area contributed by atoms with Crippen molar-refractivity contribution in [2.45, 2.75) is 25.8 Å². The molecule has 0 saturated carbocycles. The van der Waals surface area contributed by atoms with Crippen LogP contribution in [-0.2, 0) is 9.59 Å². The second-order valence-electron chi connectivity index (χ2n) is 3.39. The van der Waals surface area contributed by atoms with Gasteiger partial charge in [0.2, 0.25) is 5.91 Å². The van der Waals surface area contributed by atoms with E-state index in [2.05, 4.69) is 10.3 Å². The molecule has 1 atom stereocenters. The fourth-order valence-corrected chi connectivity index (χ4v) is 1.44. The van der Waals surface area contributed by atoms with Gasteiger partial charge in [0.25, 0.3) is 5.91 Å². The van der Waals surface area contributed by atoms with Crippen LogP contribution in [0.5, 0.6) is 0 Å². The third-order valence-electron chi connectivity index (χ3n) is 2.30. The minimum atomic E-state index is -0.428. The summed E-state index contributed by atoms with van der Waals surface area (Å²) in [5, 5.41) is 2.80. The molecule has 1 rings (SSSR count). The monoisotopic (exact) mass is 212 g/mol. The molecule has 0 spiro atoms. The van der Waals surface area contributed by atoms with Gasteiger partial charge in [-0.3, -0.25) is 19.5 Å². The quantitative estimate of drug-likeness (QED) is 0.351. The molecular formula is C9H16N4O2. The number of carbonyl (C=O) groups excluding carboxylic acids is 2. The van der Waals surface area contributed by atoms with Crippen LogP contribution >= 0.6 is 0 Å². The summed E-state index contributed by atoms with van der Waals surface area (Å²) in [5.74, 6) is -0.150. The number of likely N-dealkylation sites (tertiary alicyclic amines) is 1. The van der Waals surface area contributed by atoms with E-state index in [0.717, 1.165) is 4.90 Å².